The molecule has 1 aromatic carbocycles. The maximum atomic E-state index is 5.93. The number of hydrogen-bond donors (Lipinski definition) is 0. The van der Waals surface area contributed by atoms with Crippen LogP contribution in [0.3, 0.4) is 0 Å². The molecule has 2 heterocycles. The summed E-state index contributed by atoms with van der Waals surface area (Å²) < 4.78 is 2.28. The number of nitrogens with zero attached hydrogens (tertiary/aromatic N) is 2. The molecule has 5 heteroatoms. The van der Waals surface area contributed by atoms with Gasteiger partial charge < -0.3 is 4.57 Å². The lowest BCUT2D eigenvalue weighted by atomic mass is 10.3. The fourth-order valence-electron chi connectivity index (χ4n) is 2.13. The van der Waals surface area contributed by atoms with Crippen LogP contribution in [-0.2, 0) is 0 Å². The molecule has 0 radical (unpaired) electrons. The predicted octanol–water partition coefficient (Wildman–Crippen LogP) is 5.74. The van der Waals surface area contributed by atoms with Crippen LogP contribution < -0.4 is 4.80 Å². The number of aromatic nitrogens is 1. The van der Waals surface area contributed by atoms with Crippen LogP contribution in [0.1, 0.15) is 19.9 Å². The molecule has 3 rings (SSSR count). The van der Waals surface area contributed by atoms with Gasteiger partial charge in [0.05, 0.1) is 16.3 Å². The maximum absolute atomic E-state index is 5.93. The molecule has 0 bridgehead atoms. The second-order valence-corrected chi connectivity index (χ2v) is 7.15. The summed E-state index contributed by atoms with van der Waals surface area (Å²) in [6, 6.07) is 12.2. The number of rotatable bonds is 3. The minimum Gasteiger partial charge on any atom is -0.313 e. The smallest absolute Gasteiger partial charge is 0.190 e. The van der Waals surface area contributed by atoms with E-state index >= 15 is 0 Å². The van der Waals surface area contributed by atoms with Crippen molar-refractivity contribution < 1.29 is 0 Å². The van der Waals surface area contributed by atoms with Gasteiger partial charge in [0.25, 0.3) is 0 Å². The van der Waals surface area contributed by atoms with Crippen LogP contribution >= 0.6 is 34.3 Å². The van der Waals surface area contributed by atoms with Crippen molar-refractivity contribution in [1.82, 2.24) is 4.57 Å². The Hall–Kier alpha value is -1.36. The summed E-state index contributed by atoms with van der Waals surface area (Å²) in [5, 5.41) is 5.02. The Morgan fingerprint density at radius 3 is 2.48 bits per heavy atom. The maximum Gasteiger partial charge on any atom is 0.190 e. The summed E-state index contributed by atoms with van der Waals surface area (Å²) in [5.41, 5.74) is 2.16. The van der Waals surface area contributed by atoms with E-state index in [-0.39, 0.29) is 0 Å². The van der Waals surface area contributed by atoms with Crippen LogP contribution in [0.25, 0.3) is 10.6 Å². The first-order valence-corrected chi connectivity index (χ1v) is 8.83. The Morgan fingerprint density at radius 2 is 1.86 bits per heavy atom. The van der Waals surface area contributed by atoms with E-state index in [1.54, 1.807) is 22.7 Å². The molecule has 21 heavy (non-hydrogen) atoms. The van der Waals surface area contributed by atoms with Gasteiger partial charge in [-0.2, -0.15) is 0 Å². The first kappa shape index (κ1) is 14.6. The van der Waals surface area contributed by atoms with Crippen LogP contribution in [0.15, 0.2) is 52.2 Å². The lowest BCUT2D eigenvalue weighted by molar-refractivity contribution is 0.591. The Bertz CT molecular complexity index is 781. The number of hydrogen-bond acceptors (Lipinski definition) is 3. The zero-order chi connectivity index (χ0) is 14.8. The quantitative estimate of drug-likeness (QED) is 0.580. The van der Waals surface area contributed by atoms with Crippen LogP contribution in [0, 0.1) is 0 Å². The second-order valence-electron chi connectivity index (χ2n) is 4.93. The normalized spacial score (nSPS) is 12.3. The SMILES string of the molecule is CC(C)n1c(-c2cccs2)csc1=Nc1ccc(Cl)cc1. The van der Waals surface area contributed by atoms with Crippen molar-refractivity contribution >= 4 is 40.0 Å². The van der Waals surface area contributed by atoms with Gasteiger partial charge in [-0.25, -0.2) is 4.99 Å². The van der Waals surface area contributed by atoms with Crippen molar-refractivity contribution in [3.8, 4) is 10.6 Å². The topological polar surface area (TPSA) is 17.3 Å². The molecule has 0 amide bonds. The molecule has 0 saturated carbocycles. The van der Waals surface area contributed by atoms with Gasteiger partial charge in [-0.05, 0) is 49.6 Å². The Balaban J connectivity index is 2.13. The van der Waals surface area contributed by atoms with Gasteiger partial charge in [-0.3, -0.25) is 0 Å². The molecule has 0 unspecified atom stereocenters. The molecule has 3 aromatic rings. The standard InChI is InChI=1S/C16H15ClN2S2/c1-11(2)19-14(15-4-3-9-20-15)10-21-16(19)18-13-7-5-12(17)6-8-13/h3-11H,1-2H3. The molecule has 0 atom stereocenters. The van der Waals surface area contributed by atoms with Crippen molar-refractivity contribution in [1.29, 1.82) is 0 Å². The number of halogens is 1. The molecule has 0 aliphatic heterocycles. The highest BCUT2D eigenvalue weighted by Gasteiger charge is 2.11. The van der Waals surface area contributed by atoms with E-state index in [1.165, 1.54) is 10.6 Å². The lowest BCUT2D eigenvalue weighted by Gasteiger charge is -2.11. The number of thiophene rings is 1. The van der Waals surface area contributed by atoms with E-state index in [0.717, 1.165) is 15.5 Å². The highest BCUT2D eigenvalue weighted by molar-refractivity contribution is 7.14. The average molecular weight is 335 g/mol. The van der Waals surface area contributed by atoms with Gasteiger partial charge in [-0.15, -0.1) is 22.7 Å². The minimum absolute atomic E-state index is 0.361. The van der Waals surface area contributed by atoms with Gasteiger partial charge in [0.1, 0.15) is 0 Å². The van der Waals surface area contributed by atoms with Gasteiger partial charge in [0, 0.05) is 16.4 Å². The molecule has 2 aromatic heterocycles. The summed E-state index contributed by atoms with van der Waals surface area (Å²) >= 11 is 9.35. The van der Waals surface area contributed by atoms with E-state index in [1.807, 2.05) is 24.3 Å². The third-order valence-electron chi connectivity index (χ3n) is 3.08. The van der Waals surface area contributed by atoms with Crippen LogP contribution in [0.2, 0.25) is 5.02 Å². The predicted molar refractivity (Wildman–Crippen MR) is 92.7 cm³/mol. The van der Waals surface area contributed by atoms with Gasteiger partial charge in [0.15, 0.2) is 4.80 Å². The summed E-state index contributed by atoms with van der Waals surface area (Å²) in [5.74, 6) is 0. The third kappa shape index (κ3) is 3.12. The van der Waals surface area contributed by atoms with E-state index < -0.39 is 0 Å². The lowest BCUT2D eigenvalue weighted by Crippen LogP contribution is -2.17. The molecule has 0 spiro atoms. The highest BCUT2D eigenvalue weighted by Crippen LogP contribution is 2.27. The summed E-state index contributed by atoms with van der Waals surface area (Å²) in [6.07, 6.45) is 0. The van der Waals surface area contributed by atoms with Gasteiger partial charge in [0.2, 0.25) is 0 Å². The molecule has 0 N–H and O–H groups in total. The van der Waals surface area contributed by atoms with Crippen LogP contribution in [0.4, 0.5) is 5.69 Å². The average Bonchev–Trinajstić information content (AvgIpc) is 3.10. The van der Waals surface area contributed by atoms with Crippen LogP contribution in [0.5, 0.6) is 0 Å². The highest BCUT2D eigenvalue weighted by atomic mass is 35.5. The molecule has 108 valence electrons. The van der Waals surface area contributed by atoms with Crippen molar-refractivity contribution in [2.45, 2.75) is 19.9 Å². The van der Waals surface area contributed by atoms with Crippen molar-refractivity contribution in [3.05, 3.63) is 57.0 Å². The molecular weight excluding hydrogens is 320 g/mol. The van der Waals surface area contributed by atoms with Gasteiger partial charge >= 0.3 is 0 Å². The largest absolute Gasteiger partial charge is 0.313 e. The molecular formula is C16H15ClN2S2. The fraction of sp³-hybridized carbons (Fsp3) is 0.188. The van der Waals surface area contributed by atoms with Crippen molar-refractivity contribution in [2.75, 3.05) is 0 Å². The van der Waals surface area contributed by atoms with Gasteiger partial charge in [-0.1, -0.05) is 17.7 Å². The minimum atomic E-state index is 0.361. The van der Waals surface area contributed by atoms with Crippen molar-refractivity contribution in [3.63, 3.8) is 0 Å². The fourth-order valence-corrected chi connectivity index (χ4v) is 4.11. The van der Waals surface area contributed by atoms with E-state index in [2.05, 4.69) is 41.3 Å². The second kappa shape index (κ2) is 6.18. The van der Waals surface area contributed by atoms with E-state index in [0.29, 0.717) is 6.04 Å². The Labute approximate surface area is 137 Å². The monoisotopic (exact) mass is 334 g/mol. The molecule has 0 saturated heterocycles. The van der Waals surface area contributed by atoms with E-state index in [4.69, 9.17) is 16.6 Å². The van der Waals surface area contributed by atoms with Crippen LogP contribution in [-0.4, -0.2) is 4.57 Å². The Kier molecular flexibility index (Phi) is 4.29. The van der Waals surface area contributed by atoms with E-state index in [9.17, 15) is 0 Å². The summed E-state index contributed by atoms with van der Waals surface area (Å²) in [6.45, 7) is 4.37. The molecule has 2 nitrogen and oxygen atoms in total. The summed E-state index contributed by atoms with van der Waals surface area (Å²) in [4.78, 5) is 7.05. The molecule has 0 fully saturated rings. The number of thiazole rings is 1. The Morgan fingerprint density at radius 1 is 1.10 bits per heavy atom. The zero-order valence-electron chi connectivity index (χ0n) is 11.8. The first-order valence-electron chi connectivity index (χ1n) is 6.69. The van der Waals surface area contributed by atoms with Crippen molar-refractivity contribution in [2.24, 2.45) is 4.99 Å². The zero-order valence-corrected chi connectivity index (χ0v) is 14.2. The number of benzene rings is 1. The molecule has 0 aliphatic carbocycles. The third-order valence-corrected chi connectivity index (χ3v) is 5.07. The first-order chi connectivity index (χ1) is 10.1. The molecule has 0 aliphatic rings. The summed E-state index contributed by atoms with van der Waals surface area (Å²) in [7, 11) is 0.